The summed E-state index contributed by atoms with van der Waals surface area (Å²) in [6.45, 7) is 3.01. The highest BCUT2D eigenvalue weighted by atomic mass is 16.5. The van der Waals surface area contributed by atoms with Crippen molar-refractivity contribution in [2.24, 2.45) is 10.7 Å². The number of nitrogens with zero attached hydrogens (tertiary/aromatic N) is 3. The number of hydrogen-bond acceptors (Lipinski definition) is 4. The zero-order chi connectivity index (χ0) is 18.6. The molecular weight excluding hydrogens is 326 g/mol. The Morgan fingerprint density at radius 2 is 2.00 bits per heavy atom. The number of nitrogens with two attached hydrogens (primary N) is 1. The number of ether oxygens (including phenoxy) is 1. The average molecular weight is 355 g/mol. The summed E-state index contributed by atoms with van der Waals surface area (Å²) in [4.78, 5) is 10.8. The Kier molecular flexibility index (Phi) is 8.42. The maximum atomic E-state index is 5.91. The highest BCUT2D eigenvalue weighted by Gasteiger charge is 1.98. The molecule has 0 aliphatic heterocycles. The van der Waals surface area contributed by atoms with E-state index >= 15 is 0 Å². The van der Waals surface area contributed by atoms with Crippen LogP contribution in [0, 0.1) is 0 Å². The molecule has 6 heteroatoms. The van der Waals surface area contributed by atoms with Crippen LogP contribution in [0.1, 0.15) is 17.7 Å². The van der Waals surface area contributed by atoms with Crippen LogP contribution in [0.15, 0.2) is 53.7 Å². The number of aromatic nitrogens is 1. The molecule has 0 aliphatic carbocycles. The fourth-order valence-corrected chi connectivity index (χ4v) is 2.36. The first-order valence-electron chi connectivity index (χ1n) is 8.93. The molecule has 2 aromatic rings. The molecule has 0 unspecified atom stereocenters. The molecule has 6 nitrogen and oxygen atoms in total. The van der Waals surface area contributed by atoms with Crippen molar-refractivity contribution in [3.05, 3.63) is 59.9 Å². The van der Waals surface area contributed by atoms with Crippen molar-refractivity contribution in [2.45, 2.75) is 19.4 Å². The molecule has 0 spiro atoms. The maximum Gasteiger partial charge on any atom is 0.188 e. The summed E-state index contributed by atoms with van der Waals surface area (Å²) >= 11 is 0. The molecule has 0 atom stereocenters. The largest absolute Gasteiger partial charge is 0.494 e. The Balaban J connectivity index is 1.68. The van der Waals surface area contributed by atoms with Crippen LogP contribution in [0.25, 0.3) is 0 Å². The quantitative estimate of drug-likeness (QED) is 0.388. The maximum absolute atomic E-state index is 5.91. The summed E-state index contributed by atoms with van der Waals surface area (Å²) in [7, 11) is 4.13. The van der Waals surface area contributed by atoms with Gasteiger partial charge in [-0.1, -0.05) is 18.2 Å². The van der Waals surface area contributed by atoms with E-state index in [4.69, 9.17) is 10.5 Å². The fourth-order valence-electron chi connectivity index (χ4n) is 2.36. The number of guanidine groups is 1. The third-order valence-electron chi connectivity index (χ3n) is 3.79. The Hall–Kier alpha value is -2.60. The molecule has 0 saturated heterocycles. The van der Waals surface area contributed by atoms with E-state index in [0.29, 0.717) is 19.0 Å². The Bertz CT molecular complexity index is 656. The molecule has 0 amide bonds. The van der Waals surface area contributed by atoms with Crippen molar-refractivity contribution < 1.29 is 4.74 Å². The first kappa shape index (κ1) is 19.7. The van der Waals surface area contributed by atoms with Gasteiger partial charge in [-0.3, -0.25) is 4.98 Å². The second-order valence-corrected chi connectivity index (χ2v) is 6.35. The number of nitrogens with one attached hydrogen (secondary N) is 1. The van der Waals surface area contributed by atoms with E-state index in [0.717, 1.165) is 43.0 Å². The minimum atomic E-state index is 0.449. The number of hydrogen-bond donors (Lipinski definition) is 2. The van der Waals surface area contributed by atoms with Gasteiger partial charge in [0, 0.05) is 31.4 Å². The van der Waals surface area contributed by atoms with Gasteiger partial charge in [-0.05, 0) is 50.3 Å². The van der Waals surface area contributed by atoms with Gasteiger partial charge in [-0.25, -0.2) is 4.99 Å². The van der Waals surface area contributed by atoms with Crippen LogP contribution in [0.4, 0.5) is 0 Å². The Morgan fingerprint density at radius 1 is 1.19 bits per heavy atom. The lowest BCUT2D eigenvalue weighted by atomic mass is 10.2. The summed E-state index contributed by atoms with van der Waals surface area (Å²) in [6.07, 6.45) is 3.62. The highest BCUT2D eigenvalue weighted by molar-refractivity contribution is 5.77. The van der Waals surface area contributed by atoms with Gasteiger partial charge >= 0.3 is 0 Å². The molecule has 1 aromatic heterocycles. The van der Waals surface area contributed by atoms with E-state index in [9.17, 15) is 0 Å². The van der Waals surface area contributed by atoms with E-state index in [1.54, 1.807) is 6.20 Å². The molecule has 0 bridgehead atoms. The zero-order valence-corrected chi connectivity index (χ0v) is 15.7. The molecule has 0 saturated carbocycles. The topological polar surface area (TPSA) is 75.8 Å². The predicted octanol–water partition coefficient (Wildman–Crippen LogP) is 2.06. The first-order valence-corrected chi connectivity index (χ1v) is 8.93. The number of pyridine rings is 1. The van der Waals surface area contributed by atoms with Crippen LogP contribution in [0.5, 0.6) is 5.75 Å². The number of benzene rings is 1. The molecule has 1 heterocycles. The molecule has 26 heavy (non-hydrogen) atoms. The summed E-state index contributed by atoms with van der Waals surface area (Å²) in [5, 5.41) is 3.12. The molecule has 2 rings (SSSR count). The lowest BCUT2D eigenvalue weighted by molar-refractivity contribution is 0.281. The standard InChI is InChI=1S/C20H29N5O/c1-25(2)14-5-15-26-19-9-7-17(8-10-19)16-24-20(21)23-13-11-18-6-3-4-12-22-18/h3-4,6-10,12H,5,11,13-16H2,1-2H3,(H3,21,23,24). The monoisotopic (exact) mass is 355 g/mol. The second-order valence-electron chi connectivity index (χ2n) is 6.35. The lowest BCUT2D eigenvalue weighted by Crippen LogP contribution is -2.33. The van der Waals surface area contributed by atoms with E-state index in [1.807, 2.05) is 42.5 Å². The van der Waals surface area contributed by atoms with Gasteiger partial charge in [-0.15, -0.1) is 0 Å². The number of rotatable bonds is 10. The predicted molar refractivity (Wildman–Crippen MR) is 106 cm³/mol. The van der Waals surface area contributed by atoms with Gasteiger partial charge in [0.2, 0.25) is 0 Å². The third kappa shape index (κ3) is 7.98. The molecule has 0 fully saturated rings. The fraction of sp³-hybridized carbons (Fsp3) is 0.400. The summed E-state index contributed by atoms with van der Waals surface area (Å²) in [5.74, 6) is 1.34. The van der Waals surface area contributed by atoms with E-state index in [2.05, 4.69) is 34.3 Å². The number of aliphatic imine (C=N–C) groups is 1. The van der Waals surface area contributed by atoms with Gasteiger partial charge in [0.25, 0.3) is 0 Å². The first-order chi connectivity index (χ1) is 12.6. The molecule has 0 aliphatic rings. The van der Waals surface area contributed by atoms with Gasteiger partial charge < -0.3 is 20.7 Å². The summed E-state index contributed by atoms with van der Waals surface area (Å²) in [5.41, 5.74) is 8.04. The van der Waals surface area contributed by atoms with Crippen molar-refractivity contribution in [1.82, 2.24) is 15.2 Å². The van der Waals surface area contributed by atoms with Crippen molar-refractivity contribution in [3.8, 4) is 5.75 Å². The Morgan fingerprint density at radius 3 is 2.69 bits per heavy atom. The van der Waals surface area contributed by atoms with Crippen LogP contribution in [-0.2, 0) is 13.0 Å². The van der Waals surface area contributed by atoms with Gasteiger partial charge in [-0.2, -0.15) is 0 Å². The Labute approximate surface area is 156 Å². The van der Waals surface area contributed by atoms with Crippen molar-refractivity contribution in [3.63, 3.8) is 0 Å². The van der Waals surface area contributed by atoms with Crippen molar-refractivity contribution >= 4 is 5.96 Å². The van der Waals surface area contributed by atoms with Crippen LogP contribution < -0.4 is 15.8 Å². The van der Waals surface area contributed by atoms with Crippen LogP contribution >= 0.6 is 0 Å². The highest BCUT2D eigenvalue weighted by Crippen LogP contribution is 2.13. The summed E-state index contributed by atoms with van der Waals surface area (Å²) < 4.78 is 5.73. The average Bonchev–Trinajstić information content (AvgIpc) is 2.65. The molecule has 140 valence electrons. The van der Waals surface area contributed by atoms with Gasteiger partial charge in [0.15, 0.2) is 5.96 Å². The smallest absolute Gasteiger partial charge is 0.188 e. The third-order valence-corrected chi connectivity index (χ3v) is 3.79. The second kappa shape index (κ2) is 11.1. The molecule has 3 N–H and O–H groups in total. The summed E-state index contributed by atoms with van der Waals surface area (Å²) in [6, 6.07) is 13.9. The lowest BCUT2D eigenvalue weighted by Gasteiger charge is -2.10. The molecule has 1 aromatic carbocycles. The molecule has 0 radical (unpaired) electrons. The van der Waals surface area contributed by atoms with Gasteiger partial charge in [0.1, 0.15) is 5.75 Å². The van der Waals surface area contributed by atoms with Crippen molar-refractivity contribution in [1.29, 1.82) is 0 Å². The SMILES string of the molecule is CN(C)CCCOc1ccc(CN=C(N)NCCc2ccccn2)cc1. The minimum absolute atomic E-state index is 0.449. The van der Waals surface area contributed by atoms with Crippen LogP contribution in [-0.4, -0.2) is 49.6 Å². The van der Waals surface area contributed by atoms with Gasteiger partial charge in [0.05, 0.1) is 13.2 Å². The zero-order valence-electron chi connectivity index (χ0n) is 15.7. The molecular formula is C20H29N5O. The van der Waals surface area contributed by atoms with Crippen molar-refractivity contribution in [2.75, 3.05) is 33.8 Å². The normalized spacial score (nSPS) is 11.6. The van der Waals surface area contributed by atoms with E-state index < -0.39 is 0 Å². The van der Waals surface area contributed by atoms with E-state index in [1.165, 1.54) is 0 Å². The van der Waals surface area contributed by atoms with Crippen LogP contribution in [0.2, 0.25) is 0 Å². The van der Waals surface area contributed by atoms with Crippen LogP contribution in [0.3, 0.4) is 0 Å². The van der Waals surface area contributed by atoms with E-state index in [-0.39, 0.29) is 0 Å². The minimum Gasteiger partial charge on any atom is -0.494 e.